The minimum Gasteiger partial charge on any atom is -0.460 e. The third-order valence-corrected chi connectivity index (χ3v) is 15.1. The Hall–Kier alpha value is -3.33. The van der Waals surface area contributed by atoms with Gasteiger partial charge in [0.25, 0.3) is 11.7 Å². The standard InChI is InChI=1S/C53H83NO12/c1-12-41-34(4)27-35(5)44(56)31-46(36(6)28-39-22-24-43(55)47(29-39)63-10)65-52(60)42-20-16-17-25-54(42)51(59)50(58)53(61)38(8)21-23-40(66-53)30-45(62-9)33(3)19-15-13-14-18-32(2)26-37(7)48(57)49(41)64-11/h13-15,18-19,27,32,35-43,45-47,49,55,61H,12,16-17,20-26,28-31H2,1-11H3/b15-13+,18-14+,33-19+,34-27+/t32-,35-,36-,37-,38-,39+,40+,41-,42+,43-,45+,46+,47-,49-,53-/m1/s1. The molecule has 3 aliphatic heterocycles. The number of Topliss-reactive ketones (excluding diaryl/α,β-unsaturated/α-hetero) is 3. The number of aliphatic hydroxyl groups excluding tert-OH is 1. The molecule has 2 bridgehead atoms. The van der Waals surface area contributed by atoms with Crippen LogP contribution < -0.4 is 0 Å². The van der Waals surface area contributed by atoms with E-state index < -0.39 is 71.8 Å². The summed E-state index contributed by atoms with van der Waals surface area (Å²) in [5.74, 6) is -7.23. The number of methoxy groups -OCH3 is 3. The van der Waals surface area contributed by atoms with Crippen LogP contribution in [0.25, 0.3) is 0 Å². The third-order valence-electron chi connectivity index (χ3n) is 15.1. The van der Waals surface area contributed by atoms with Gasteiger partial charge < -0.3 is 38.8 Å². The number of allylic oxidation sites excluding steroid dienone is 6. The number of rotatable bonds is 7. The van der Waals surface area contributed by atoms with Gasteiger partial charge in [0.2, 0.25) is 5.79 Å². The molecular weight excluding hydrogens is 843 g/mol. The lowest BCUT2D eigenvalue weighted by molar-refractivity contribution is -0.265. The summed E-state index contributed by atoms with van der Waals surface area (Å²) in [6, 6.07) is -1.11. The van der Waals surface area contributed by atoms with E-state index in [1.54, 1.807) is 28.3 Å². The minimum atomic E-state index is -2.41. The van der Waals surface area contributed by atoms with E-state index in [4.69, 9.17) is 23.7 Å². The topological polar surface area (TPSA) is 175 Å². The maximum Gasteiger partial charge on any atom is 0.329 e. The van der Waals surface area contributed by atoms with Crippen molar-refractivity contribution in [3.05, 3.63) is 47.6 Å². The monoisotopic (exact) mass is 926 g/mol. The van der Waals surface area contributed by atoms with Gasteiger partial charge in [-0.1, -0.05) is 83.6 Å². The van der Waals surface area contributed by atoms with Crippen LogP contribution in [0.5, 0.6) is 0 Å². The second kappa shape index (κ2) is 25.9. The molecule has 3 heterocycles. The number of ether oxygens (including phenoxy) is 5. The highest BCUT2D eigenvalue weighted by Crippen LogP contribution is 2.38. The quantitative estimate of drug-likeness (QED) is 0.144. The van der Waals surface area contributed by atoms with Crippen LogP contribution in [-0.2, 0) is 47.7 Å². The molecule has 2 saturated heterocycles. The molecule has 13 heteroatoms. The van der Waals surface area contributed by atoms with Crippen molar-refractivity contribution in [2.45, 2.75) is 187 Å². The Morgan fingerprint density at radius 1 is 0.864 bits per heavy atom. The molecule has 372 valence electrons. The van der Waals surface area contributed by atoms with Crippen molar-refractivity contribution in [1.29, 1.82) is 0 Å². The highest BCUT2D eigenvalue weighted by atomic mass is 16.6. The number of fused-ring (bicyclic) bond motifs is 3. The van der Waals surface area contributed by atoms with Crippen molar-refractivity contribution in [3.63, 3.8) is 0 Å². The first-order chi connectivity index (χ1) is 31.3. The molecule has 1 amide bonds. The number of aliphatic hydroxyl groups is 2. The van der Waals surface area contributed by atoms with Crippen molar-refractivity contribution in [1.82, 2.24) is 4.90 Å². The molecule has 0 aromatic carbocycles. The zero-order valence-electron chi connectivity index (χ0n) is 41.9. The van der Waals surface area contributed by atoms with Crippen molar-refractivity contribution in [2.24, 2.45) is 41.4 Å². The van der Waals surface area contributed by atoms with Crippen molar-refractivity contribution in [2.75, 3.05) is 27.9 Å². The van der Waals surface area contributed by atoms with Crippen LogP contribution >= 0.6 is 0 Å². The highest BCUT2D eigenvalue weighted by Gasteiger charge is 2.53. The number of amides is 1. The first kappa shape index (κ1) is 55.3. The van der Waals surface area contributed by atoms with Crippen LogP contribution in [0.3, 0.4) is 0 Å². The summed E-state index contributed by atoms with van der Waals surface area (Å²) in [4.78, 5) is 72.4. The van der Waals surface area contributed by atoms with Crippen LogP contribution in [0.1, 0.15) is 139 Å². The largest absolute Gasteiger partial charge is 0.460 e. The lowest BCUT2D eigenvalue weighted by Gasteiger charge is -2.42. The van der Waals surface area contributed by atoms with E-state index in [-0.39, 0.29) is 66.6 Å². The lowest BCUT2D eigenvalue weighted by Crippen LogP contribution is -2.61. The summed E-state index contributed by atoms with van der Waals surface area (Å²) in [6.45, 7) is 15.5. The number of piperidine rings is 1. The normalized spacial score (nSPS) is 40.0. The maximum absolute atomic E-state index is 14.4. The van der Waals surface area contributed by atoms with Crippen LogP contribution in [0.4, 0.5) is 0 Å². The summed E-state index contributed by atoms with van der Waals surface area (Å²) in [7, 11) is 4.74. The Balaban J connectivity index is 1.72. The predicted octanol–water partition coefficient (Wildman–Crippen LogP) is 7.85. The molecule has 3 fully saturated rings. The molecule has 0 spiro atoms. The first-order valence-corrected chi connectivity index (χ1v) is 24.8. The van der Waals surface area contributed by atoms with Gasteiger partial charge >= 0.3 is 5.97 Å². The molecule has 0 aromatic rings. The average molecular weight is 926 g/mol. The van der Waals surface area contributed by atoms with Crippen molar-refractivity contribution >= 4 is 29.2 Å². The Bertz CT molecular complexity index is 1770. The van der Waals surface area contributed by atoms with Gasteiger partial charge in [-0.05, 0) is 108 Å². The van der Waals surface area contributed by atoms with Crippen LogP contribution in [0, 0.1) is 41.4 Å². The number of cyclic esters (lactones) is 1. The van der Waals surface area contributed by atoms with E-state index in [1.807, 2.05) is 71.9 Å². The molecule has 0 aromatic heterocycles. The van der Waals surface area contributed by atoms with Gasteiger partial charge in [0, 0.05) is 64.4 Å². The lowest BCUT2D eigenvalue weighted by atomic mass is 9.78. The van der Waals surface area contributed by atoms with E-state index in [1.165, 1.54) is 4.90 Å². The van der Waals surface area contributed by atoms with Crippen LogP contribution in [0.15, 0.2) is 47.6 Å². The van der Waals surface area contributed by atoms with Gasteiger partial charge in [-0.3, -0.25) is 19.2 Å². The number of hydrogen-bond donors (Lipinski definition) is 2. The fraction of sp³-hybridized carbons (Fsp3) is 0.755. The number of hydrogen-bond acceptors (Lipinski definition) is 12. The SMILES string of the molecule is CC[C@@H]1/C(C)=C/[C@@H](C)C(=O)C[C@@H]([C@H](C)C[C@@H]2CC[C@@H](O)[C@H](OC)C2)OC(=O)[C@@H]2CCCCN2C(=O)C(=O)[C@]2(O)O[C@@H](CC[C@H]2C)C[C@H](OC)/C(C)=C/C=C/C=C/[C@@H](C)C[C@@H](C)C(=O)[C@@H]1OC. The smallest absolute Gasteiger partial charge is 0.329 e. The molecule has 4 rings (SSSR count). The second-order valence-corrected chi connectivity index (χ2v) is 20.2. The van der Waals surface area contributed by atoms with Gasteiger partial charge in [0.15, 0.2) is 5.78 Å². The van der Waals surface area contributed by atoms with E-state index in [9.17, 15) is 34.2 Å². The Labute approximate surface area is 395 Å². The molecule has 0 unspecified atom stereocenters. The van der Waals surface area contributed by atoms with Gasteiger partial charge in [0.05, 0.1) is 24.4 Å². The van der Waals surface area contributed by atoms with Gasteiger partial charge in [-0.2, -0.15) is 0 Å². The molecule has 4 aliphatic rings. The Morgan fingerprint density at radius 2 is 1.59 bits per heavy atom. The van der Waals surface area contributed by atoms with Crippen molar-refractivity contribution in [3.8, 4) is 0 Å². The zero-order valence-corrected chi connectivity index (χ0v) is 41.9. The highest BCUT2D eigenvalue weighted by molar-refractivity contribution is 6.39. The fourth-order valence-electron chi connectivity index (χ4n) is 10.8. The van der Waals surface area contributed by atoms with Gasteiger partial charge in [-0.25, -0.2) is 4.79 Å². The second-order valence-electron chi connectivity index (χ2n) is 20.2. The zero-order chi connectivity index (χ0) is 48.9. The van der Waals surface area contributed by atoms with E-state index in [2.05, 4.69) is 13.0 Å². The summed E-state index contributed by atoms with van der Waals surface area (Å²) in [6.07, 6.45) is 14.7. The van der Waals surface area contributed by atoms with Gasteiger partial charge in [0.1, 0.15) is 24.0 Å². The molecule has 0 radical (unpaired) electrons. The Kier molecular flexibility index (Phi) is 21.7. The van der Waals surface area contributed by atoms with E-state index in [0.717, 1.165) is 17.6 Å². The van der Waals surface area contributed by atoms with Crippen LogP contribution in [0.2, 0.25) is 0 Å². The molecule has 15 atom stereocenters. The maximum atomic E-state index is 14.4. The first-order valence-electron chi connectivity index (χ1n) is 24.8. The summed E-state index contributed by atoms with van der Waals surface area (Å²) < 4.78 is 29.9. The molecule has 1 aliphatic carbocycles. The van der Waals surface area contributed by atoms with Gasteiger partial charge in [-0.15, -0.1) is 0 Å². The molecule has 1 saturated carbocycles. The minimum absolute atomic E-state index is 0.0125. The predicted molar refractivity (Wildman–Crippen MR) is 253 cm³/mol. The molecule has 2 N–H and O–H groups in total. The number of nitrogens with zero attached hydrogens (tertiary/aromatic N) is 1. The molecule has 13 nitrogen and oxygen atoms in total. The number of esters is 1. The number of ketones is 3. The molecule has 66 heavy (non-hydrogen) atoms. The van der Waals surface area contributed by atoms with E-state index in [0.29, 0.717) is 64.2 Å². The van der Waals surface area contributed by atoms with Crippen LogP contribution in [-0.4, -0.2) is 121 Å². The summed E-state index contributed by atoms with van der Waals surface area (Å²) in [5.41, 5.74) is 1.77. The number of carbonyl (C=O) groups is 5. The number of carbonyl (C=O) groups excluding carboxylic acids is 5. The van der Waals surface area contributed by atoms with E-state index >= 15 is 0 Å². The fourth-order valence-corrected chi connectivity index (χ4v) is 10.8. The summed E-state index contributed by atoms with van der Waals surface area (Å²) in [5, 5.41) is 22.5. The average Bonchev–Trinajstić information content (AvgIpc) is 3.29. The third kappa shape index (κ3) is 14.4. The molecular formula is C53H83NO12. The Morgan fingerprint density at radius 3 is 2.26 bits per heavy atom. The van der Waals surface area contributed by atoms with Crippen molar-refractivity contribution < 1.29 is 57.9 Å². The summed E-state index contributed by atoms with van der Waals surface area (Å²) >= 11 is 0.